The van der Waals surface area contributed by atoms with Crippen LogP contribution in [0.25, 0.3) is 5.70 Å². The maximum absolute atomic E-state index is 13.6. The Hall–Kier alpha value is -3.86. The van der Waals surface area contributed by atoms with Crippen LogP contribution >= 0.6 is 0 Å². The maximum atomic E-state index is 13.6. The zero-order valence-electron chi connectivity index (χ0n) is 20.1. The first-order chi connectivity index (χ1) is 17.6. The van der Waals surface area contributed by atoms with E-state index in [1.807, 2.05) is 13.8 Å². The van der Waals surface area contributed by atoms with E-state index in [9.17, 15) is 22.4 Å². The summed E-state index contributed by atoms with van der Waals surface area (Å²) >= 11 is 0. The fourth-order valence-electron chi connectivity index (χ4n) is 3.73. The van der Waals surface area contributed by atoms with Crippen LogP contribution in [0.15, 0.2) is 70.3 Å². The third-order valence-corrected chi connectivity index (χ3v) is 5.40. The number of amides is 1. The van der Waals surface area contributed by atoms with Crippen molar-refractivity contribution in [2.75, 3.05) is 13.2 Å². The van der Waals surface area contributed by atoms with Gasteiger partial charge in [-0.1, -0.05) is 26.0 Å². The molecule has 0 bridgehead atoms. The Balaban J connectivity index is 1.61. The van der Waals surface area contributed by atoms with Crippen molar-refractivity contribution in [2.45, 2.75) is 32.6 Å². The van der Waals surface area contributed by atoms with E-state index >= 15 is 0 Å². The molecule has 3 heterocycles. The molecule has 1 aromatic heterocycles. The van der Waals surface area contributed by atoms with E-state index < -0.39 is 29.6 Å². The third-order valence-electron chi connectivity index (χ3n) is 5.40. The predicted molar refractivity (Wildman–Crippen MR) is 131 cm³/mol. The first-order valence-corrected chi connectivity index (χ1v) is 11.6. The summed E-state index contributed by atoms with van der Waals surface area (Å²) in [5, 5.41) is 5.73. The summed E-state index contributed by atoms with van der Waals surface area (Å²) < 4.78 is 59.5. The Morgan fingerprint density at radius 2 is 1.92 bits per heavy atom. The van der Waals surface area contributed by atoms with Crippen molar-refractivity contribution in [2.24, 2.45) is 15.9 Å². The lowest BCUT2D eigenvalue weighted by molar-refractivity contribution is -0.138. The number of pyridine rings is 1. The van der Waals surface area contributed by atoms with Crippen LogP contribution in [-0.2, 0) is 22.1 Å². The molecule has 194 valence electrons. The molecule has 0 saturated heterocycles. The topological polar surface area (TPSA) is 88.0 Å². The fourth-order valence-corrected chi connectivity index (χ4v) is 3.73. The Morgan fingerprint density at radius 3 is 2.62 bits per heavy atom. The zero-order valence-corrected chi connectivity index (χ0v) is 20.1. The highest BCUT2D eigenvalue weighted by molar-refractivity contribution is 6.15. The summed E-state index contributed by atoms with van der Waals surface area (Å²) in [5.74, 6) is -0.0617. The lowest BCUT2D eigenvalue weighted by Gasteiger charge is -2.29. The number of halogens is 4. The van der Waals surface area contributed by atoms with Gasteiger partial charge in [0.1, 0.15) is 18.3 Å². The molecule has 1 amide bonds. The van der Waals surface area contributed by atoms with Crippen molar-refractivity contribution >= 4 is 23.3 Å². The number of aromatic nitrogens is 1. The molecule has 0 saturated carbocycles. The van der Waals surface area contributed by atoms with E-state index in [4.69, 9.17) is 4.74 Å². The molecule has 2 aromatic rings. The third kappa shape index (κ3) is 6.67. The van der Waals surface area contributed by atoms with Crippen LogP contribution in [-0.4, -0.2) is 41.9 Å². The van der Waals surface area contributed by atoms with Gasteiger partial charge in [0.2, 0.25) is 5.91 Å². The molecule has 11 heteroatoms. The number of carbonyl (C=O) groups excluding carboxylic acids is 1. The van der Waals surface area contributed by atoms with Gasteiger partial charge in [0.25, 0.3) is 0 Å². The van der Waals surface area contributed by atoms with E-state index in [0.717, 1.165) is 6.07 Å². The molecule has 1 unspecified atom stereocenters. The summed E-state index contributed by atoms with van der Waals surface area (Å²) in [7, 11) is 0. The van der Waals surface area contributed by atoms with Crippen LogP contribution in [0.4, 0.5) is 17.6 Å². The number of ether oxygens (including phenoxy) is 1. The minimum Gasteiger partial charge on any atom is -0.373 e. The van der Waals surface area contributed by atoms with E-state index in [0.29, 0.717) is 17.7 Å². The second-order valence-corrected chi connectivity index (χ2v) is 8.91. The van der Waals surface area contributed by atoms with Crippen LogP contribution < -0.4 is 10.6 Å². The first kappa shape index (κ1) is 26.2. The molecule has 2 N–H and O–H groups in total. The number of aliphatic imine (C=N–C) groups is 2. The van der Waals surface area contributed by atoms with Crippen LogP contribution in [0.3, 0.4) is 0 Å². The fraction of sp³-hybridized carbons (Fsp3) is 0.308. The highest BCUT2D eigenvalue weighted by Crippen LogP contribution is 2.34. The minimum atomic E-state index is -4.59. The normalized spacial score (nSPS) is 17.2. The van der Waals surface area contributed by atoms with Crippen LogP contribution in [0.2, 0.25) is 0 Å². The number of amidine groups is 2. The lowest BCUT2D eigenvalue weighted by Crippen LogP contribution is -2.44. The van der Waals surface area contributed by atoms with Crippen LogP contribution in [0.5, 0.6) is 0 Å². The molecule has 37 heavy (non-hydrogen) atoms. The van der Waals surface area contributed by atoms with Crippen LogP contribution in [0, 0.1) is 11.7 Å². The van der Waals surface area contributed by atoms with Crippen molar-refractivity contribution in [1.29, 1.82) is 0 Å². The van der Waals surface area contributed by atoms with Crippen molar-refractivity contribution in [3.05, 3.63) is 83.0 Å². The van der Waals surface area contributed by atoms with Gasteiger partial charge in [-0.05, 0) is 47.9 Å². The highest BCUT2D eigenvalue weighted by Gasteiger charge is 2.36. The predicted octanol–water partition coefficient (Wildman–Crippen LogP) is 4.28. The van der Waals surface area contributed by atoms with Crippen molar-refractivity contribution in [3.8, 4) is 0 Å². The van der Waals surface area contributed by atoms with Crippen LogP contribution in [0.1, 0.15) is 30.7 Å². The average Bonchev–Trinajstić information content (AvgIpc) is 2.84. The number of rotatable bonds is 7. The van der Waals surface area contributed by atoms with Gasteiger partial charge in [-0.15, -0.1) is 0 Å². The number of alkyl halides is 3. The Kier molecular flexibility index (Phi) is 7.82. The minimum absolute atomic E-state index is 0.0228. The lowest BCUT2D eigenvalue weighted by atomic mass is 10.0. The number of carbonyl (C=O) groups is 1. The van der Waals surface area contributed by atoms with E-state index in [1.54, 1.807) is 6.08 Å². The molecule has 2 aliphatic heterocycles. The van der Waals surface area contributed by atoms with Gasteiger partial charge in [-0.25, -0.2) is 14.4 Å². The van der Waals surface area contributed by atoms with Crippen molar-refractivity contribution in [1.82, 2.24) is 15.6 Å². The maximum Gasteiger partial charge on any atom is 0.418 e. The Labute approximate surface area is 211 Å². The standard InChI is InChI=1S/C26H25F4N5O2/c1-15(2)13-37-14-21-33-24-18(25(34-21)35-22(36)12-16-5-7-17(27)8-6-16)9-10-20(32-24)23-19(26(28,29)30)4-3-11-31-23/h3-11,15,24,32H,12-14H2,1-2H3,(H,33,34,35,36). The number of hydrogen-bond donors (Lipinski definition) is 2. The van der Waals surface area contributed by atoms with Gasteiger partial charge in [0.15, 0.2) is 12.0 Å². The molecule has 0 radical (unpaired) electrons. The molecule has 2 aliphatic rings. The second kappa shape index (κ2) is 11.0. The number of nitrogens with zero attached hydrogens (tertiary/aromatic N) is 3. The Morgan fingerprint density at radius 1 is 1.16 bits per heavy atom. The van der Waals surface area contributed by atoms with Gasteiger partial charge >= 0.3 is 6.18 Å². The molecule has 0 aliphatic carbocycles. The van der Waals surface area contributed by atoms with Gasteiger partial charge in [0, 0.05) is 18.4 Å². The smallest absolute Gasteiger partial charge is 0.373 e. The number of dihydropyridines is 1. The number of hydrogen-bond acceptors (Lipinski definition) is 6. The molecule has 4 rings (SSSR count). The highest BCUT2D eigenvalue weighted by atomic mass is 19.4. The summed E-state index contributed by atoms with van der Waals surface area (Å²) in [5.41, 5.74) is 0.0590. The number of allylic oxidation sites excluding steroid dienone is 2. The summed E-state index contributed by atoms with van der Waals surface area (Å²) in [6.07, 6.45) is -1.16. The van der Waals surface area contributed by atoms with E-state index in [2.05, 4.69) is 25.6 Å². The largest absolute Gasteiger partial charge is 0.418 e. The number of nitrogens with one attached hydrogen (secondary N) is 2. The molecular weight excluding hydrogens is 490 g/mol. The van der Waals surface area contributed by atoms with Gasteiger partial charge in [-0.3, -0.25) is 9.78 Å². The second-order valence-electron chi connectivity index (χ2n) is 8.91. The zero-order chi connectivity index (χ0) is 26.6. The van der Waals surface area contributed by atoms with Gasteiger partial charge in [-0.2, -0.15) is 13.2 Å². The van der Waals surface area contributed by atoms with Gasteiger partial charge in [0.05, 0.1) is 23.4 Å². The monoisotopic (exact) mass is 515 g/mol. The van der Waals surface area contributed by atoms with Crippen molar-refractivity contribution in [3.63, 3.8) is 0 Å². The molecule has 0 fully saturated rings. The summed E-state index contributed by atoms with van der Waals surface area (Å²) in [6.45, 7) is 4.48. The van der Waals surface area contributed by atoms with Gasteiger partial charge < -0.3 is 15.4 Å². The summed E-state index contributed by atoms with van der Waals surface area (Å²) in [6, 6.07) is 7.73. The van der Waals surface area contributed by atoms with E-state index in [1.165, 1.54) is 42.6 Å². The molecule has 0 spiro atoms. The number of fused-ring (bicyclic) bond motifs is 1. The van der Waals surface area contributed by atoms with E-state index in [-0.39, 0.29) is 42.0 Å². The Bertz CT molecular complexity index is 1280. The van der Waals surface area contributed by atoms with Crippen molar-refractivity contribution < 1.29 is 27.1 Å². The molecule has 1 atom stereocenters. The SMILES string of the molecule is CC(C)COCC1=NC2NC(c3ncccc3C(F)(F)F)=CC=C2C(NC(=O)Cc2ccc(F)cc2)=N1. The summed E-state index contributed by atoms with van der Waals surface area (Å²) in [4.78, 5) is 25.6. The average molecular weight is 516 g/mol. The molecule has 1 aromatic carbocycles. The molecule has 7 nitrogen and oxygen atoms in total. The number of benzene rings is 1. The first-order valence-electron chi connectivity index (χ1n) is 11.6. The molecular formula is C26H25F4N5O2. The quantitative estimate of drug-likeness (QED) is 0.539.